The lowest BCUT2D eigenvalue weighted by Crippen LogP contribution is -2.60. The van der Waals surface area contributed by atoms with Crippen LogP contribution >= 0.6 is 11.6 Å². The molecule has 4 rings (SSSR count). The number of aryl methyl sites for hydroxylation is 1. The highest BCUT2D eigenvalue weighted by Crippen LogP contribution is 2.27. The number of carbonyl (C=O) groups is 1. The number of amides is 1. The van der Waals surface area contributed by atoms with Crippen LogP contribution in [0.1, 0.15) is 12.7 Å². The molecule has 1 aliphatic heterocycles. The minimum Gasteiger partial charge on any atom is -0.335 e. The number of carbonyl (C=O) groups excluding carboxylic acids is 1. The van der Waals surface area contributed by atoms with Crippen molar-refractivity contribution >= 4 is 23.0 Å². The Bertz CT molecular complexity index is 1160. The van der Waals surface area contributed by atoms with Crippen molar-refractivity contribution in [1.82, 2.24) is 18.9 Å². The predicted molar refractivity (Wildman–Crippen MR) is 101 cm³/mol. The third-order valence-corrected chi connectivity index (χ3v) is 5.13. The molecule has 0 N–H and O–H groups in total. The van der Waals surface area contributed by atoms with Crippen molar-refractivity contribution < 1.29 is 13.6 Å². The lowest BCUT2D eigenvalue weighted by atomic mass is 9.99. The maximum Gasteiger partial charge on any atom is 0.277 e. The zero-order chi connectivity index (χ0) is 20.2. The van der Waals surface area contributed by atoms with Crippen LogP contribution < -0.4 is 5.56 Å². The first-order valence-electron chi connectivity index (χ1n) is 8.66. The van der Waals surface area contributed by atoms with Gasteiger partial charge in [-0.3, -0.25) is 14.0 Å². The highest BCUT2D eigenvalue weighted by molar-refractivity contribution is 6.31. The topological polar surface area (TPSA) is 59.6 Å². The van der Waals surface area contributed by atoms with Crippen molar-refractivity contribution in [2.75, 3.05) is 13.1 Å². The van der Waals surface area contributed by atoms with Crippen molar-refractivity contribution in [3.8, 4) is 11.3 Å². The van der Waals surface area contributed by atoms with Crippen LogP contribution in [0.2, 0.25) is 5.02 Å². The SMILES string of the molecule is Cc1nc(-c2ccc(F)c(Cl)c2)c2c(=O)n(CC(=O)N3CC(C)(F)C3)ccn12. The summed E-state index contributed by atoms with van der Waals surface area (Å²) in [6.45, 7) is 3.02. The molecule has 1 amide bonds. The molecule has 6 nitrogen and oxygen atoms in total. The summed E-state index contributed by atoms with van der Waals surface area (Å²) in [7, 11) is 0. The summed E-state index contributed by atoms with van der Waals surface area (Å²) in [4.78, 5) is 31.2. The summed E-state index contributed by atoms with van der Waals surface area (Å²) in [5, 5.41) is -0.0743. The predicted octanol–water partition coefficient (Wildman–Crippen LogP) is 2.83. The van der Waals surface area contributed by atoms with E-state index in [2.05, 4.69) is 4.98 Å². The number of rotatable bonds is 3. The second kappa shape index (κ2) is 6.41. The van der Waals surface area contributed by atoms with Gasteiger partial charge in [-0.1, -0.05) is 11.6 Å². The van der Waals surface area contributed by atoms with Crippen molar-refractivity contribution in [3.05, 3.63) is 57.6 Å². The number of nitrogens with zero attached hydrogens (tertiary/aromatic N) is 4. The molecule has 3 aromatic rings. The number of benzene rings is 1. The Balaban J connectivity index is 1.75. The summed E-state index contributed by atoms with van der Waals surface area (Å²) < 4.78 is 30.0. The van der Waals surface area contributed by atoms with E-state index in [0.717, 1.165) is 0 Å². The van der Waals surface area contributed by atoms with Gasteiger partial charge in [0.25, 0.3) is 5.56 Å². The van der Waals surface area contributed by atoms with Crippen LogP contribution in [0.3, 0.4) is 0 Å². The van der Waals surface area contributed by atoms with Gasteiger partial charge in [-0.15, -0.1) is 0 Å². The van der Waals surface area contributed by atoms with Gasteiger partial charge in [0.2, 0.25) is 5.91 Å². The molecule has 0 unspecified atom stereocenters. The molecular weight excluding hydrogens is 390 g/mol. The smallest absolute Gasteiger partial charge is 0.277 e. The highest BCUT2D eigenvalue weighted by atomic mass is 35.5. The Labute approximate surface area is 164 Å². The maximum atomic E-state index is 13.6. The first-order chi connectivity index (χ1) is 13.2. The maximum absolute atomic E-state index is 13.6. The zero-order valence-electron chi connectivity index (χ0n) is 15.2. The monoisotopic (exact) mass is 406 g/mol. The number of hydrogen-bond donors (Lipinski definition) is 0. The van der Waals surface area contributed by atoms with Gasteiger partial charge in [0.1, 0.15) is 35.1 Å². The van der Waals surface area contributed by atoms with Crippen molar-refractivity contribution in [1.29, 1.82) is 0 Å². The van der Waals surface area contributed by atoms with Gasteiger partial charge in [-0.25, -0.2) is 13.8 Å². The number of aromatic nitrogens is 3. The van der Waals surface area contributed by atoms with Crippen molar-refractivity contribution in [3.63, 3.8) is 0 Å². The first-order valence-corrected chi connectivity index (χ1v) is 9.04. The molecule has 28 heavy (non-hydrogen) atoms. The van der Waals surface area contributed by atoms with Crippen molar-refractivity contribution in [2.24, 2.45) is 0 Å². The number of imidazole rings is 1. The van der Waals surface area contributed by atoms with E-state index in [-0.39, 0.29) is 36.1 Å². The molecule has 0 saturated carbocycles. The number of hydrogen-bond acceptors (Lipinski definition) is 3. The Hall–Kier alpha value is -2.74. The van der Waals surface area contributed by atoms with Crippen LogP contribution in [-0.2, 0) is 11.3 Å². The van der Waals surface area contributed by atoms with Gasteiger partial charge < -0.3 is 9.47 Å². The molecule has 1 aliphatic rings. The Kier molecular flexibility index (Phi) is 4.26. The van der Waals surface area contributed by atoms with Crippen LogP contribution in [0.4, 0.5) is 8.78 Å². The molecule has 2 aromatic heterocycles. The van der Waals surface area contributed by atoms with Crippen LogP contribution in [0.25, 0.3) is 16.8 Å². The molecule has 1 aromatic carbocycles. The van der Waals surface area contributed by atoms with E-state index >= 15 is 0 Å². The first kappa shape index (κ1) is 18.6. The van der Waals surface area contributed by atoms with E-state index in [1.54, 1.807) is 17.5 Å². The molecule has 146 valence electrons. The van der Waals surface area contributed by atoms with Crippen molar-refractivity contribution in [2.45, 2.75) is 26.1 Å². The van der Waals surface area contributed by atoms with Gasteiger partial charge in [0.05, 0.1) is 18.1 Å². The van der Waals surface area contributed by atoms with E-state index < -0.39 is 17.0 Å². The largest absolute Gasteiger partial charge is 0.335 e. The molecular formula is C19H17ClF2N4O2. The molecule has 0 spiro atoms. The second-order valence-electron chi connectivity index (χ2n) is 7.25. The molecule has 9 heteroatoms. The fourth-order valence-corrected chi connectivity index (χ4v) is 3.60. The van der Waals surface area contributed by atoms with Gasteiger partial charge in [0.15, 0.2) is 0 Å². The third-order valence-electron chi connectivity index (χ3n) is 4.84. The van der Waals surface area contributed by atoms with E-state index in [0.29, 0.717) is 17.1 Å². The Morgan fingerprint density at radius 2 is 2.04 bits per heavy atom. The summed E-state index contributed by atoms with van der Waals surface area (Å²) >= 11 is 5.87. The van der Waals surface area contributed by atoms with Crippen LogP contribution in [0, 0.1) is 12.7 Å². The van der Waals surface area contributed by atoms with Gasteiger partial charge in [0, 0.05) is 18.0 Å². The summed E-state index contributed by atoms with van der Waals surface area (Å²) in [6, 6.07) is 4.11. The minimum absolute atomic E-state index is 0.0218. The number of fused-ring (bicyclic) bond motifs is 1. The second-order valence-corrected chi connectivity index (χ2v) is 7.66. The average Bonchev–Trinajstić information content (AvgIpc) is 2.95. The van der Waals surface area contributed by atoms with E-state index in [4.69, 9.17) is 11.6 Å². The Morgan fingerprint density at radius 1 is 1.32 bits per heavy atom. The molecule has 0 aliphatic carbocycles. The normalized spacial score (nSPS) is 15.7. The quantitative estimate of drug-likeness (QED) is 0.672. The molecule has 1 saturated heterocycles. The lowest BCUT2D eigenvalue weighted by Gasteiger charge is -2.42. The summed E-state index contributed by atoms with van der Waals surface area (Å²) in [5.74, 6) is -0.329. The number of alkyl halides is 1. The number of halogens is 3. The summed E-state index contributed by atoms with van der Waals surface area (Å²) in [5.41, 5.74) is -0.687. The lowest BCUT2D eigenvalue weighted by molar-refractivity contribution is -0.144. The van der Waals surface area contributed by atoms with Crippen LogP contribution in [-0.4, -0.2) is 43.5 Å². The fourth-order valence-electron chi connectivity index (χ4n) is 3.42. The highest BCUT2D eigenvalue weighted by Gasteiger charge is 2.41. The van der Waals surface area contributed by atoms with Crippen LogP contribution in [0.5, 0.6) is 0 Å². The molecule has 3 heterocycles. The fraction of sp³-hybridized carbons (Fsp3) is 0.316. The van der Waals surface area contributed by atoms with E-state index in [1.807, 2.05) is 0 Å². The van der Waals surface area contributed by atoms with Gasteiger partial charge in [-0.05, 0) is 32.0 Å². The van der Waals surface area contributed by atoms with E-state index in [1.165, 1.54) is 40.8 Å². The van der Waals surface area contributed by atoms with Gasteiger partial charge in [-0.2, -0.15) is 0 Å². The molecule has 0 bridgehead atoms. The third kappa shape index (κ3) is 3.07. The van der Waals surface area contributed by atoms with Gasteiger partial charge >= 0.3 is 0 Å². The standard InChI is InChI=1S/C19H17ClF2N4O2/c1-11-23-16(12-3-4-14(21)13(20)7-12)17-18(28)24(5-6-26(11)17)8-15(27)25-9-19(2,22)10-25/h3-7H,8-10H2,1-2H3. The zero-order valence-corrected chi connectivity index (χ0v) is 16.0. The molecule has 0 atom stereocenters. The Morgan fingerprint density at radius 3 is 2.68 bits per heavy atom. The van der Waals surface area contributed by atoms with Crippen LogP contribution in [0.15, 0.2) is 35.4 Å². The minimum atomic E-state index is -1.37. The van der Waals surface area contributed by atoms with E-state index in [9.17, 15) is 18.4 Å². The molecule has 0 radical (unpaired) electrons. The molecule has 1 fully saturated rings. The summed E-state index contributed by atoms with van der Waals surface area (Å²) in [6.07, 6.45) is 3.13. The number of likely N-dealkylation sites (tertiary alicyclic amines) is 1. The average molecular weight is 407 g/mol.